The number of rotatable bonds is 5. The summed E-state index contributed by atoms with van der Waals surface area (Å²) in [4.78, 5) is 15.4. The fourth-order valence-corrected chi connectivity index (χ4v) is 2.30. The molecule has 0 atom stereocenters. The van der Waals surface area contributed by atoms with Crippen molar-refractivity contribution in [3.63, 3.8) is 0 Å². The first-order valence-corrected chi connectivity index (χ1v) is 7.52. The second kappa shape index (κ2) is 6.88. The lowest BCUT2D eigenvalue weighted by molar-refractivity contribution is -0.159. The maximum atomic E-state index is 12.5. The van der Waals surface area contributed by atoms with Crippen LogP contribution in [-0.2, 0) is 12.6 Å². The summed E-state index contributed by atoms with van der Waals surface area (Å²) in [5.74, 6) is -1.46. The smallest absolute Gasteiger partial charge is 0.329 e. The fraction of sp³-hybridized carbons (Fsp3) is 0.167. The van der Waals surface area contributed by atoms with Gasteiger partial charge in [0.1, 0.15) is 0 Å². The van der Waals surface area contributed by atoms with Gasteiger partial charge in [-0.3, -0.25) is 4.79 Å². The summed E-state index contributed by atoms with van der Waals surface area (Å²) in [6.07, 6.45) is -3.78. The third-order valence-corrected chi connectivity index (χ3v) is 3.62. The van der Waals surface area contributed by atoms with Crippen molar-refractivity contribution in [2.45, 2.75) is 19.0 Å². The average Bonchev–Trinajstić information content (AvgIpc) is 3.11. The van der Waals surface area contributed by atoms with Crippen LogP contribution in [0.1, 0.15) is 28.2 Å². The standard InChI is InChI=1S/C18H13F3N2O2/c19-18(20,21)17-22-16(23-25-17)14-9-6-12(7-10-14)8-11-15(24)13-4-2-1-3-5-13/h1-7,9-10H,8,11H2. The number of aryl methyl sites for hydroxylation is 1. The Morgan fingerprint density at radius 1 is 1.00 bits per heavy atom. The maximum absolute atomic E-state index is 12.5. The zero-order valence-electron chi connectivity index (χ0n) is 13.0. The van der Waals surface area contributed by atoms with E-state index in [-0.39, 0.29) is 11.6 Å². The van der Waals surface area contributed by atoms with E-state index in [1.54, 1.807) is 36.4 Å². The highest BCUT2D eigenvalue weighted by Gasteiger charge is 2.38. The molecule has 0 fully saturated rings. The number of carbonyl (C=O) groups excluding carboxylic acids is 1. The predicted molar refractivity (Wildman–Crippen MR) is 83.8 cm³/mol. The number of hydrogen-bond acceptors (Lipinski definition) is 4. The molecular formula is C18H13F3N2O2. The minimum Gasteiger partial charge on any atom is -0.329 e. The van der Waals surface area contributed by atoms with Crippen molar-refractivity contribution in [2.24, 2.45) is 0 Å². The second-order valence-corrected chi connectivity index (χ2v) is 5.41. The van der Waals surface area contributed by atoms with Crippen molar-refractivity contribution in [2.75, 3.05) is 0 Å². The van der Waals surface area contributed by atoms with Gasteiger partial charge in [0.25, 0.3) is 0 Å². The number of carbonyl (C=O) groups is 1. The van der Waals surface area contributed by atoms with Crippen molar-refractivity contribution < 1.29 is 22.5 Å². The molecule has 0 saturated heterocycles. The Balaban J connectivity index is 1.64. The molecular weight excluding hydrogens is 333 g/mol. The van der Waals surface area contributed by atoms with Crippen LogP contribution in [0, 0.1) is 0 Å². The molecule has 128 valence electrons. The molecule has 0 radical (unpaired) electrons. The van der Waals surface area contributed by atoms with E-state index in [1.807, 2.05) is 18.2 Å². The highest BCUT2D eigenvalue weighted by Crippen LogP contribution is 2.29. The largest absolute Gasteiger partial charge is 0.471 e. The Kier molecular flexibility index (Phi) is 4.65. The first-order chi connectivity index (χ1) is 11.9. The Morgan fingerprint density at radius 3 is 2.28 bits per heavy atom. The minimum atomic E-state index is -4.66. The molecule has 4 nitrogen and oxygen atoms in total. The van der Waals surface area contributed by atoms with Crippen LogP contribution in [0.3, 0.4) is 0 Å². The summed E-state index contributed by atoms with van der Waals surface area (Å²) < 4.78 is 41.6. The van der Waals surface area contributed by atoms with Gasteiger partial charge in [0.05, 0.1) is 0 Å². The van der Waals surface area contributed by atoms with Crippen LogP contribution in [0.4, 0.5) is 13.2 Å². The summed E-state index contributed by atoms with van der Waals surface area (Å²) in [7, 11) is 0. The molecule has 1 heterocycles. The van der Waals surface area contributed by atoms with Crippen molar-refractivity contribution in [3.05, 3.63) is 71.6 Å². The van der Waals surface area contributed by atoms with Crippen LogP contribution in [-0.4, -0.2) is 15.9 Å². The summed E-state index contributed by atoms with van der Waals surface area (Å²) in [5, 5.41) is 3.34. The van der Waals surface area contributed by atoms with E-state index in [0.29, 0.717) is 24.0 Å². The van der Waals surface area contributed by atoms with Crippen molar-refractivity contribution >= 4 is 5.78 Å². The van der Waals surface area contributed by atoms with Gasteiger partial charge in [-0.25, -0.2) is 0 Å². The Bertz CT molecular complexity index is 856. The number of hydrogen-bond donors (Lipinski definition) is 0. The van der Waals surface area contributed by atoms with Crippen molar-refractivity contribution in [3.8, 4) is 11.4 Å². The highest BCUT2D eigenvalue weighted by molar-refractivity contribution is 5.96. The van der Waals surface area contributed by atoms with Crippen LogP contribution >= 0.6 is 0 Å². The molecule has 0 unspecified atom stereocenters. The predicted octanol–water partition coefficient (Wildman–Crippen LogP) is 4.57. The normalized spacial score (nSPS) is 11.5. The molecule has 0 bridgehead atoms. The summed E-state index contributed by atoms with van der Waals surface area (Å²) in [5.41, 5.74) is 1.97. The van der Waals surface area contributed by atoms with E-state index in [0.717, 1.165) is 5.56 Å². The molecule has 0 amide bonds. The first kappa shape index (κ1) is 16.9. The number of Topliss-reactive ketones (excluding diaryl/α,β-unsaturated/α-hetero) is 1. The third kappa shape index (κ3) is 4.12. The van der Waals surface area contributed by atoms with Crippen LogP contribution in [0.2, 0.25) is 0 Å². The Labute approximate surface area is 141 Å². The number of nitrogens with zero attached hydrogens (tertiary/aromatic N) is 2. The van der Waals surface area contributed by atoms with E-state index < -0.39 is 12.1 Å². The first-order valence-electron chi connectivity index (χ1n) is 7.52. The molecule has 2 aromatic carbocycles. The van der Waals surface area contributed by atoms with Gasteiger partial charge in [0, 0.05) is 17.5 Å². The Morgan fingerprint density at radius 2 is 1.68 bits per heavy atom. The van der Waals surface area contributed by atoms with E-state index in [2.05, 4.69) is 14.7 Å². The van der Waals surface area contributed by atoms with E-state index >= 15 is 0 Å². The lowest BCUT2D eigenvalue weighted by Gasteiger charge is -2.03. The molecule has 3 aromatic rings. The van der Waals surface area contributed by atoms with Crippen LogP contribution < -0.4 is 0 Å². The maximum Gasteiger partial charge on any atom is 0.471 e. The number of benzene rings is 2. The zero-order chi connectivity index (χ0) is 17.9. The van der Waals surface area contributed by atoms with Gasteiger partial charge >= 0.3 is 12.1 Å². The molecule has 0 aliphatic heterocycles. The second-order valence-electron chi connectivity index (χ2n) is 5.41. The molecule has 0 spiro atoms. The van der Waals surface area contributed by atoms with E-state index in [9.17, 15) is 18.0 Å². The average molecular weight is 346 g/mol. The lowest BCUT2D eigenvalue weighted by Crippen LogP contribution is -2.04. The lowest BCUT2D eigenvalue weighted by atomic mass is 10.0. The quantitative estimate of drug-likeness (QED) is 0.635. The molecule has 0 aliphatic rings. The summed E-state index contributed by atoms with van der Waals surface area (Å²) in [6, 6.07) is 15.7. The molecule has 3 rings (SSSR count). The molecule has 0 saturated carbocycles. The summed E-state index contributed by atoms with van der Waals surface area (Å²) >= 11 is 0. The monoisotopic (exact) mass is 346 g/mol. The fourth-order valence-electron chi connectivity index (χ4n) is 2.30. The van der Waals surface area contributed by atoms with Crippen LogP contribution in [0.15, 0.2) is 59.1 Å². The van der Waals surface area contributed by atoms with Gasteiger partial charge < -0.3 is 4.52 Å². The Hall–Kier alpha value is -2.96. The topological polar surface area (TPSA) is 56.0 Å². The van der Waals surface area contributed by atoms with Crippen LogP contribution in [0.25, 0.3) is 11.4 Å². The van der Waals surface area contributed by atoms with Gasteiger partial charge in [-0.15, -0.1) is 0 Å². The number of ketones is 1. The highest BCUT2D eigenvalue weighted by atomic mass is 19.4. The molecule has 0 N–H and O–H groups in total. The number of halogens is 3. The summed E-state index contributed by atoms with van der Waals surface area (Å²) in [6.45, 7) is 0. The number of aromatic nitrogens is 2. The van der Waals surface area contributed by atoms with E-state index in [1.165, 1.54) is 0 Å². The van der Waals surface area contributed by atoms with Crippen molar-refractivity contribution in [1.82, 2.24) is 10.1 Å². The SMILES string of the molecule is O=C(CCc1ccc(-c2noc(C(F)(F)F)n2)cc1)c1ccccc1. The van der Waals surface area contributed by atoms with E-state index in [4.69, 9.17) is 0 Å². The number of alkyl halides is 3. The minimum absolute atomic E-state index is 0.0395. The molecule has 0 aliphatic carbocycles. The molecule has 25 heavy (non-hydrogen) atoms. The third-order valence-electron chi connectivity index (χ3n) is 3.62. The van der Waals surface area contributed by atoms with Gasteiger partial charge in [-0.2, -0.15) is 18.2 Å². The van der Waals surface area contributed by atoms with Gasteiger partial charge in [0.2, 0.25) is 5.82 Å². The van der Waals surface area contributed by atoms with Gasteiger partial charge in [0.15, 0.2) is 5.78 Å². The van der Waals surface area contributed by atoms with Gasteiger partial charge in [-0.05, 0) is 12.0 Å². The van der Waals surface area contributed by atoms with Crippen LogP contribution in [0.5, 0.6) is 0 Å². The molecule has 1 aromatic heterocycles. The van der Waals surface area contributed by atoms with Crippen molar-refractivity contribution in [1.29, 1.82) is 0 Å². The molecule has 7 heteroatoms. The zero-order valence-corrected chi connectivity index (χ0v) is 13.0. The van der Waals surface area contributed by atoms with Gasteiger partial charge in [-0.1, -0.05) is 59.8 Å².